The van der Waals surface area contributed by atoms with Gasteiger partial charge in [-0.05, 0) is 30.7 Å². The summed E-state index contributed by atoms with van der Waals surface area (Å²) < 4.78 is 33.7. The minimum Gasteiger partial charge on any atom is -0.383 e. The van der Waals surface area contributed by atoms with Gasteiger partial charge in [-0.2, -0.15) is 13.1 Å². The number of methoxy groups -OCH3 is 1. The summed E-state index contributed by atoms with van der Waals surface area (Å²) in [5, 5.41) is 0. The average Bonchev–Trinajstić information content (AvgIpc) is 2.23. The van der Waals surface area contributed by atoms with Crippen LogP contribution in [0.3, 0.4) is 0 Å². The standard InChI is InChI=1S/C10H15BrN2O3S/c1-8-7-9(3-4-10(8)11)13-17(14,15)12-5-6-16-2/h3-4,7,12-13H,5-6H2,1-2H3. The van der Waals surface area contributed by atoms with Crippen molar-refractivity contribution in [1.29, 1.82) is 0 Å². The van der Waals surface area contributed by atoms with Crippen molar-refractivity contribution in [2.24, 2.45) is 0 Å². The Morgan fingerprint density at radius 1 is 1.41 bits per heavy atom. The van der Waals surface area contributed by atoms with Crippen LogP contribution in [-0.2, 0) is 14.9 Å². The van der Waals surface area contributed by atoms with Gasteiger partial charge in [0, 0.05) is 18.1 Å². The van der Waals surface area contributed by atoms with Gasteiger partial charge in [0.05, 0.1) is 12.3 Å². The van der Waals surface area contributed by atoms with Crippen molar-refractivity contribution >= 4 is 31.8 Å². The SMILES string of the molecule is COCCNS(=O)(=O)Nc1ccc(Br)c(C)c1. The second-order valence-electron chi connectivity index (χ2n) is 3.46. The second-order valence-corrected chi connectivity index (χ2v) is 5.81. The van der Waals surface area contributed by atoms with Gasteiger partial charge in [0.2, 0.25) is 0 Å². The molecule has 1 aromatic carbocycles. The van der Waals surface area contributed by atoms with E-state index in [2.05, 4.69) is 25.4 Å². The number of rotatable bonds is 6. The predicted octanol–water partition coefficient (Wildman–Crippen LogP) is 1.65. The lowest BCUT2D eigenvalue weighted by molar-refractivity contribution is 0.204. The van der Waals surface area contributed by atoms with E-state index < -0.39 is 10.2 Å². The van der Waals surface area contributed by atoms with E-state index in [-0.39, 0.29) is 6.54 Å². The van der Waals surface area contributed by atoms with Crippen LogP contribution in [0.4, 0.5) is 5.69 Å². The maximum atomic E-state index is 11.6. The van der Waals surface area contributed by atoms with Crippen LogP contribution in [0.25, 0.3) is 0 Å². The number of nitrogens with one attached hydrogen (secondary N) is 2. The van der Waals surface area contributed by atoms with Crippen molar-refractivity contribution < 1.29 is 13.2 Å². The fourth-order valence-electron chi connectivity index (χ4n) is 1.18. The van der Waals surface area contributed by atoms with Gasteiger partial charge in [0.1, 0.15) is 0 Å². The highest BCUT2D eigenvalue weighted by Gasteiger charge is 2.09. The molecule has 0 saturated carbocycles. The molecule has 7 heteroatoms. The Morgan fingerprint density at radius 3 is 2.71 bits per heavy atom. The molecule has 0 aliphatic heterocycles. The summed E-state index contributed by atoms with van der Waals surface area (Å²) in [4.78, 5) is 0. The third-order valence-corrected chi connectivity index (χ3v) is 3.99. The second kappa shape index (κ2) is 6.34. The largest absolute Gasteiger partial charge is 0.383 e. The first-order valence-electron chi connectivity index (χ1n) is 4.97. The Hall–Kier alpha value is -0.630. The summed E-state index contributed by atoms with van der Waals surface area (Å²) in [6.07, 6.45) is 0. The van der Waals surface area contributed by atoms with Crippen LogP contribution >= 0.6 is 15.9 Å². The molecule has 0 atom stereocenters. The minimum atomic E-state index is -3.53. The van der Waals surface area contributed by atoms with Crippen molar-refractivity contribution in [2.45, 2.75) is 6.92 Å². The summed E-state index contributed by atoms with van der Waals surface area (Å²) >= 11 is 3.35. The predicted molar refractivity (Wildman–Crippen MR) is 71.3 cm³/mol. The normalized spacial score (nSPS) is 11.5. The van der Waals surface area contributed by atoms with Gasteiger partial charge in [-0.3, -0.25) is 4.72 Å². The Kier molecular flexibility index (Phi) is 5.38. The molecule has 17 heavy (non-hydrogen) atoms. The van der Waals surface area contributed by atoms with Crippen molar-refractivity contribution in [2.75, 3.05) is 25.0 Å². The summed E-state index contributed by atoms with van der Waals surface area (Å²) in [5.41, 5.74) is 1.48. The molecule has 1 aromatic rings. The van der Waals surface area contributed by atoms with E-state index in [1.54, 1.807) is 18.2 Å². The van der Waals surface area contributed by atoms with Crippen molar-refractivity contribution in [3.8, 4) is 0 Å². The molecule has 0 spiro atoms. The molecule has 0 amide bonds. The van der Waals surface area contributed by atoms with Crippen LogP contribution < -0.4 is 9.44 Å². The monoisotopic (exact) mass is 322 g/mol. The lowest BCUT2D eigenvalue weighted by atomic mass is 10.2. The Morgan fingerprint density at radius 2 is 2.12 bits per heavy atom. The number of ether oxygens (including phenoxy) is 1. The third-order valence-electron chi connectivity index (χ3n) is 2.01. The maximum absolute atomic E-state index is 11.6. The molecule has 96 valence electrons. The van der Waals surface area contributed by atoms with Gasteiger partial charge in [-0.1, -0.05) is 15.9 Å². The molecule has 0 fully saturated rings. The number of hydrogen-bond acceptors (Lipinski definition) is 3. The lowest BCUT2D eigenvalue weighted by Crippen LogP contribution is -2.32. The van der Waals surface area contributed by atoms with E-state index in [1.807, 2.05) is 6.92 Å². The Labute approximate surface area is 110 Å². The van der Waals surface area contributed by atoms with Crippen LogP contribution in [0.5, 0.6) is 0 Å². The molecule has 0 heterocycles. The molecule has 1 rings (SSSR count). The molecule has 0 unspecified atom stereocenters. The average molecular weight is 323 g/mol. The fourth-order valence-corrected chi connectivity index (χ4v) is 2.29. The van der Waals surface area contributed by atoms with E-state index in [0.29, 0.717) is 12.3 Å². The van der Waals surface area contributed by atoms with Gasteiger partial charge in [0.15, 0.2) is 0 Å². The Bertz CT molecular complexity index is 476. The number of hydrogen-bond donors (Lipinski definition) is 2. The van der Waals surface area contributed by atoms with E-state index in [9.17, 15) is 8.42 Å². The smallest absolute Gasteiger partial charge is 0.299 e. The number of halogens is 1. The topological polar surface area (TPSA) is 67.4 Å². The molecular weight excluding hydrogens is 308 g/mol. The number of anilines is 1. The van der Waals surface area contributed by atoms with E-state index in [0.717, 1.165) is 10.0 Å². The van der Waals surface area contributed by atoms with E-state index in [1.165, 1.54) is 7.11 Å². The summed E-state index contributed by atoms with van der Waals surface area (Å²) in [6, 6.07) is 5.23. The van der Waals surface area contributed by atoms with Gasteiger partial charge >= 0.3 is 0 Å². The molecule has 0 aliphatic carbocycles. The number of aryl methyl sites for hydroxylation is 1. The first-order valence-corrected chi connectivity index (χ1v) is 7.25. The molecule has 0 aliphatic rings. The van der Waals surface area contributed by atoms with Crippen molar-refractivity contribution in [3.05, 3.63) is 28.2 Å². The highest BCUT2D eigenvalue weighted by Crippen LogP contribution is 2.20. The van der Waals surface area contributed by atoms with Gasteiger partial charge in [-0.25, -0.2) is 0 Å². The fraction of sp³-hybridized carbons (Fsp3) is 0.400. The maximum Gasteiger partial charge on any atom is 0.299 e. The zero-order chi connectivity index (χ0) is 12.9. The minimum absolute atomic E-state index is 0.237. The molecular formula is C10H15BrN2O3S. The van der Waals surface area contributed by atoms with Crippen LogP contribution in [-0.4, -0.2) is 28.7 Å². The van der Waals surface area contributed by atoms with E-state index in [4.69, 9.17) is 4.74 Å². The molecule has 0 radical (unpaired) electrons. The van der Waals surface area contributed by atoms with Crippen LogP contribution in [0.15, 0.2) is 22.7 Å². The third kappa shape index (κ3) is 5.03. The first kappa shape index (κ1) is 14.4. The summed E-state index contributed by atoms with van der Waals surface area (Å²) in [6.45, 7) is 2.46. The van der Waals surface area contributed by atoms with E-state index >= 15 is 0 Å². The van der Waals surface area contributed by atoms with Gasteiger partial charge in [0.25, 0.3) is 10.2 Å². The van der Waals surface area contributed by atoms with Crippen molar-refractivity contribution in [1.82, 2.24) is 4.72 Å². The molecule has 0 bridgehead atoms. The van der Waals surface area contributed by atoms with Crippen LogP contribution in [0, 0.1) is 6.92 Å². The zero-order valence-corrected chi connectivity index (χ0v) is 12.1. The highest BCUT2D eigenvalue weighted by atomic mass is 79.9. The molecule has 0 aromatic heterocycles. The zero-order valence-electron chi connectivity index (χ0n) is 9.66. The number of benzene rings is 1. The Balaban J connectivity index is 2.66. The molecule has 0 saturated heterocycles. The van der Waals surface area contributed by atoms with Crippen LogP contribution in [0.1, 0.15) is 5.56 Å². The van der Waals surface area contributed by atoms with Gasteiger partial charge < -0.3 is 4.74 Å². The highest BCUT2D eigenvalue weighted by molar-refractivity contribution is 9.10. The van der Waals surface area contributed by atoms with Crippen LogP contribution in [0.2, 0.25) is 0 Å². The first-order chi connectivity index (χ1) is 7.94. The van der Waals surface area contributed by atoms with Gasteiger partial charge in [-0.15, -0.1) is 0 Å². The quantitative estimate of drug-likeness (QED) is 0.782. The lowest BCUT2D eigenvalue weighted by Gasteiger charge is -2.10. The summed E-state index contributed by atoms with van der Waals surface area (Å²) in [5.74, 6) is 0. The molecule has 2 N–H and O–H groups in total. The molecule has 5 nitrogen and oxygen atoms in total. The van der Waals surface area contributed by atoms with Crippen molar-refractivity contribution in [3.63, 3.8) is 0 Å². The summed E-state index contributed by atoms with van der Waals surface area (Å²) in [7, 11) is -2.02.